The fourth-order valence-corrected chi connectivity index (χ4v) is 3.04. The molecule has 5 heteroatoms. The molecule has 0 spiro atoms. The van der Waals surface area contributed by atoms with Crippen LogP contribution in [0.5, 0.6) is 0 Å². The molecule has 0 atom stereocenters. The number of benzene rings is 1. The zero-order valence-corrected chi connectivity index (χ0v) is 13.2. The second-order valence-electron chi connectivity index (χ2n) is 4.90. The molecule has 0 fully saturated rings. The summed E-state index contributed by atoms with van der Waals surface area (Å²) in [5, 5.41) is 0.634. The SMILES string of the molecule is COC(=O)c1cc(N)cnc1SCc1cc(C)cc(C)c1. The van der Waals surface area contributed by atoms with Crippen molar-refractivity contribution in [1.29, 1.82) is 0 Å². The third-order valence-corrected chi connectivity index (χ3v) is 4.01. The first-order valence-corrected chi connectivity index (χ1v) is 7.52. The monoisotopic (exact) mass is 302 g/mol. The van der Waals surface area contributed by atoms with E-state index < -0.39 is 5.97 Å². The Kier molecular flexibility index (Phi) is 4.85. The van der Waals surface area contributed by atoms with Crippen LogP contribution >= 0.6 is 11.8 Å². The van der Waals surface area contributed by atoms with Crippen molar-refractivity contribution in [3.63, 3.8) is 0 Å². The third-order valence-electron chi connectivity index (χ3n) is 2.93. The number of carbonyl (C=O) groups is 1. The second kappa shape index (κ2) is 6.63. The van der Waals surface area contributed by atoms with Crippen LogP contribution in [0.15, 0.2) is 35.5 Å². The minimum atomic E-state index is -0.419. The molecule has 0 aliphatic carbocycles. The summed E-state index contributed by atoms with van der Waals surface area (Å²) in [6, 6.07) is 8.00. The number of carbonyl (C=O) groups excluding carboxylic acids is 1. The maximum atomic E-state index is 11.8. The Morgan fingerprint density at radius 3 is 2.52 bits per heavy atom. The van der Waals surface area contributed by atoms with E-state index in [4.69, 9.17) is 10.5 Å². The number of pyridine rings is 1. The molecular weight excluding hydrogens is 284 g/mol. The lowest BCUT2D eigenvalue weighted by molar-refractivity contribution is 0.0596. The van der Waals surface area contributed by atoms with E-state index in [-0.39, 0.29) is 0 Å². The Hall–Kier alpha value is -2.01. The van der Waals surface area contributed by atoms with Crippen molar-refractivity contribution in [2.24, 2.45) is 0 Å². The van der Waals surface area contributed by atoms with Crippen molar-refractivity contribution in [2.75, 3.05) is 12.8 Å². The predicted octanol–water partition coefficient (Wildman–Crippen LogP) is 3.36. The predicted molar refractivity (Wildman–Crippen MR) is 85.5 cm³/mol. The fourth-order valence-electron chi connectivity index (χ4n) is 2.14. The van der Waals surface area contributed by atoms with Crippen molar-refractivity contribution in [3.8, 4) is 0 Å². The zero-order chi connectivity index (χ0) is 15.4. The van der Waals surface area contributed by atoms with Crippen LogP contribution in [0.2, 0.25) is 0 Å². The molecule has 110 valence electrons. The van der Waals surface area contributed by atoms with Gasteiger partial charge in [0.1, 0.15) is 5.03 Å². The molecule has 1 heterocycles. The van der Waals surface area contributed by atoms with Crippen molar-refractivity contribution in [2.45, 2.75) is 24.6 Å². The standard InChI is InChI=1S/C16H18N2O2S/c1-10-4-11(2)6-12(5-10)9-21-15-14(16(19)20-3)7-13(17)8-18-15/h4-8H,9,17H2,1-3H3. The molecule has 0 saturated heterocycles. The molecule has 1 aromatic heterocycles. The van der Waals surface area contributed by atoms with E-state index in [9.17, 15) is 4.79 Å². The Bertz CT molecular complexity index is 651. The van der Waals surface area contributed by atoms with Gasteiger partial charge in [-0.1, -0.05) is 29.3 Å². The maximum absolute atomic E-state index is 11.8. The molecule has 0 aliphatic heterocycles. The van der Waals surface area contributed by atoms with Crippen LogP contribution in [0.25, 0.3) is 0 Å². The minimum Gasteiger partial charge on any atom is -0.465 e. The number of aryl methyl sites for hydroxylation is 2. The summed E-state index contributed by atoms with van der Waals surface area (Å²) in [7, 11) is 1.35. The topological polar surface area (TPSA) is 65.2 Å². The molecule has 0 amide bonds. The molecule has 0 bridgehead atoms. The number of nitrogens with zero attached hydrogens (tertiary/aromatic N) is 1. The summed E-state index contributed by atoms with van der Waals surface area (Å²) in [4.78, 5) is 16.0. The normalized spacial score (nSPS) is 10.4. The molecule has 2 N–H and O–H groups in total. The number of nitrogens with two attached hydrogens (primary N) is 1. The summed E-state index contributed by atoms with van der Waals surface area (Å²) < 4.78 is 4.77. The second-order valence-corrected chi connectivity index (χ2v) is 5.86. The molecule has 0 saturated carbocycles. The first kappa shape index (κ1) is 15.4. The Balaban J connectivity index is 2.21. The van der Waals surface area contributed by atoms with Crippen LogP contribution in [0.3, 0.4) is 0 Å². The highest BCUT2D eigenvalue weighted by Gasteiger charge is 2.14. The number of methoxy groups -OCH3 is 1. The van der Waals surface area contributed by atoms with E-state index in [0.29, 0.717) is 16.3 Å². The van der Waals surface area contributed by atoms with Crippen LogP contribution in [0.4, 0.5) is 5.69 Å². The van der Waals surface area contributed by atoms with Gasteiger partial charge in [-0.25, -0.2) is 9.78 Å². The Labute approximate surface area is 128 Å². The van der Waals surface area contributed by atoms with Crippen molar-refractivity contribution in [3.05, 3.63) is 52.7 Å². The van der Waals surface area contributed by atoms with E-state index in [2.05, 4.69) is 37.0 Å². The van der Waals surface area contributed by atoms with E-state index in [0.717, 1.165) is 5.75 Å². The van der Waals surface area contributed by atoms with Gasteiger partial charge >= 0.3 is 5.97 Å². The van der Waals surface area contributed by atoms with Gasteiger partial charge in [-0.05, 0) is 25.5 Å². The lowest BCUT2D eigenvalue weighted by atomic mass is 10.1. The highest BCUT2D eigenvalue weighted by Crippen LogP contribution is 2.26. The van der Waals surface area contributed by atoms with Crippen molar-refractivity contribution in [1.82, 2.24) is 4.98 Å². The van der Waals surface area contributed by atoms with Gasteiger partial charge in [-0.3, -0.25) is 0 Å². The molecule has 2 aromatic rings. The number of nitrogen functional groups attached to an aromatic ring is 1. The lowest BCUT2D eigenvalue weighted by Crippen LogP contribution is -2.06. The molecule has 0 unspecified atom stereocenters. The first-order valence-electron chi connectivity index (χ1n) is 6.53. The summed E-state index contributed by atoms with van der Waals surface area (Å²) in [6.07, 6.45) is 1.55. The number of rotatable bonds is 4. The maximum Gasteiger partial charge on any atom is 0.340 e. The van der Waals surface area contributed by atoms with Gasteiger partial charge < -0.3 is 10.5 Å². The molecule has 0 aliphatic rings. The van der Waals surface area contributed by atoms with Gasteiger partial charge in [0.2, 0.25) is 0 Å². The number of hydrogen-bond acceptors (Lipinski definition) is 5. The van der Waals surface area contributed by atoms with Crippen LogP contribution in [-0.2, 0) is 10.5 Å². The molecule has 1 aromatic carbocycles. The lowest BCUT2D eigenvalue weighted by Gasteiger charge is -2.08. The smallest absolute Gasteiger partial charge is 0.340 e. The zero-order valence-electron chi connectivity index (χ0n) is 12.3. The molecule has 21 heavy (non-hydrogen) atoms. The van der Waals surface area contributed by atoms with E-state index in [1.165, 1.54) is 35.6 Å². The van der Waals surface area contributed by atoms with Gasteiger partial charge in [0.05, 0.1) is 24.6 Å². The number of ether oxygens (including phenoxy) is 1. The van der Waals surface area contributed by atoms with Gasteiger partial charge in [-0.2, -0.15) is 0 Å². The summed E-state index contributed by atoms with van der Waals surface area (Å²) in [5.74, 6) is 0.321. The van der Waals surface area contributed by atoms with Crippen LogP contribution in [-0.4, -0.2) is 18.1 Å². The Morgan fingerprint density at radius 2 is 1.90 bits per heavy atom. The number of aromatic nitrogens is 1. The Morgan fingerprint density at radius 1 is 1.24 bits per heavy atom. The largest absolute Gasteiger partial charge is 0.465 e. The van der Waals surface area contributed by atoms with Crippen molar-refractivity contribution < 1.29 is 9.53 Å². The number of anilines is 1. The number of thioether (sulfide) groups is 1. The van der Waals surface area contributed by atoms with Gasteiger partial charge in [0.25, 0.3) is 0 Å². The highest BCUT2D eigenvalue weighted by molar-refractivity contribution is 7.98. The summed E-state index contributed by atoms with van der Waals surface area (Å²) in [6.45, 7) is 4.14. The fraction of sp³-hybridized carbons (Fsp3) is 0.250. The molecule has 4 nitrogen and oxygen atoms in total. The van der Waals surface area contributed by atoms with Crippen molar-refractivity contribution >= 4 is 23.4 Å². The van der Waals surface area contributed by atoms with E-state index >= 15 is 0 Å². The summed E-state index contributed by atoms with van der Waals surface area (Å²) in [5.41, 5.74) is 10.2. The average Bonchev–Trinajstić information content (AvgIpc) is 2.44. The molecule has 2 rings (SSSR count). The average molecular weight is 302 g/mol. The number of esters is 1. The third kappa shape index (κ3) is 3.98. The van der Waals surface area contributed by atoms with Crippen LogP contribution < -0.4 is 5.73 Å². The minimum absolute atomic E-state index is 0.409. The first-order chi connectivity index (χ1) is 9.99. The van der Waals surface area contributed by atoms with Crippen LogP contribution in [0, 0.1) is 13.8 Å². The van der Waals surface area contributed by atoms with Crippen LogP contribution in [0.1, 0.15) is 27.0 Å². The van der Waals surface area contributed by atoms with Gasteiger partial charge in [-0.15, -0.1) is 11.8 Å². The van der Waals surface area contributed by atoms with Gasteiger partial charge in [0.15, 0.2) is 0 Å². The highest BCUT2D eigenvalue weighted by atomic mass is 32.2. The van der Waals surface area contributed by atoms with E-state index in [1.807, 2.05) is 0 Å². The van der Waals surface area contributed by atoms with Gasteiger partial charge in [0, 0.05) is 5.75 Å². The van der Waals surface area contributed by atoms with E-state index in [1.54, 1.807) is 12.3 Å². The molecule has 0 radical (unpaired) electrons. The summed E-state index contributed by atoms with van der Waals surface area (Å²) >= 11 is 1.50. The quantitative estimate of drug-likeness (QED) is 0.693. The number of hydrogen-bond donors (Lipinski definition) is 1. The molecular formula is C16H18N2O2S.